The summed E-state index contributed by atoms with van der Waals surface area (Å²) in [5, 5.41) is 23.0. The molecule has 0 amide bonds. The van der Waals surface area contributed by atoms with Crippen LogP contribution in [0.15, 0.2) is 0 Å². The van der Waals surface area contributed by atoms with Gasteiger partial charge in [-0.05, 0) is 6.92 Å². The Balaban J connectivity index is 5.29. The molecule has 3 unspecified atom stereocenters. The molecule has 3 atom stereocenters. The van der Waals surface area contributed by atoms with Crippen LogP contribution in [0.5, 0.6) is 0 Å². The molecule has 0 aliphatic heterocycles. The van der Waals surface area contributed by atoms with E-state index in [0.29, 0.717) is 0 Å². The molecule has 0 aromatic heterocycles. The van der Waals surface area contributed by atoms with Gasteiger partial charge in [0.05, 0.1) is 0 Å². The molecule has 10 heteroatoms. The van der Waals surface area contributed by atoms with Gasteiger partial charge in [0.25, 0.3) is 10.1 Å². The zero-order chi connectivity index (χ0) is 13.1. The molecule has 0 aromatic rings. The van der Waals surface area contributed by atoms with E-state index >= 15 is 0 Å². The molecule has 94 valence electrons. The van der Waals surface area contributed by atoms with E-state index < -0.39 is 39.7 Å². The van der Waals surface area contributed by atoms with E-state index in [1.807, 2.05) is 0 Å². The number of aliphatic hydroxyl groups excluding tert-OH is 1. The number of carboxylic acid groups (broad SMARTS) is 2. The van der Waals surface area contributed by atoms with Crippen LogP contribution in [0, 0.1) is 0 Å². The fraction of sp³-hybridized carbons (Fsp3) is 0.667. The average molecular weight is 258 g/mol. The highest BCUT2D eigenvalue weighted by atomic mass is 32.2. The van der Waals surface area contributed by atoms with E-state index in [2.05, 4.69) is 4.74 Å². The summed E-state index contributed by atoms with van der Waals surface area (Å²) in [5.41, 5.74) is 0. The highest BCUT2D eigenvalue weighted by Crippen LogP contribution is 2.11. The molecule has 0 aliphatic rings. The van der Waals surface area contributed by atoms with E-state index in [0.717, 1.165) is 6.92 Å². The molecule has 0 saturated carbocycles. The first-order valence-corrected chi connectivity index (χ1v) is 5.33. The Kier molecular flexibility index (Phi) is 4.81. The van der Waals surface area contributed by atoms with Crippen LogP contribution in [-0.2, 0) is 24.4 Å². The van der Waals surface area contributed by atoms with Crippen LogP contribution < -0.4 is 0 Å². The number of aliphatic hydroxyl groups is 1. The summed E-state index contributed by atoms with van der Waals surface area (Å²) in [7, 11) is -5.17. The fourth-order valence-electron chi connectivity index (χ4n) is 0.884. The van der Waals surface area contributed by atoms with E-state index in [1.165, 1.54) is 0 Å². The minimum absolute atomic E-state index is 0.957. The van der Waals surface area contributed by atoms with Gasteiger partial charge in [-0.15, -0.1) is 0 Å². The van der Waals surface area contributed by atoms with Crippen LogP contribution >= 0.6 is 0 Å². The van der Waals surface area contributed by atoms with Crippen molar-refractivity contribution >= 4 is 22.1 Å². The minimum atomic E-state index is -5.17. The zero-order valence-electron chi connectivity index (χ0n) is 7.97. The molecule has 16 heavy (non-hydrogen) atoms. The van der Waals surface area contributed by atoms with Crippen LogP contribution in [0.4, 0.5) is 0 Å². The van der Waals surface area contributed by atoms with Crippen LogP contribution in [-0.4, -0.2) is 57.9 Å². The highest BCUT2D eigenvalue weighted by molar-refractivity contribution is 7.87. The Labute approximate surface area is 90.0 Å². The van der Waals surface area contributed by atoms with Gasteiger partial charge in [-0.3, -0.25) is 9.35 Å². The van der Waals surface area contributed by atoms with Gasteiger partial charge in [0.2, 0.25) is 5.25 Å². The monoisotopic (exact) mass is 258 g/mol. The lowest BCUT2D eigenvalue weighted by atomic mass is 10.2. The van der Waals surface area contributed by atoms with Crippen molar-refractivity contribution in [2.75, 3.05) is 0 Å². The summed E-state index contributed by atoms with van der Waals surface area (Å²) in [6.45, 7) is 0.957. The lowest BCUT2D eigenvalue weighted by Gasteiger charge is -2.19. The second-order valence-electron chi connectivity index (χ2n) is 2.77. The molecule has 0 aliphatic carbocycles. The second kappa shape index (κ2) is 5.21. The predicted molar refractivity (Wildman–Crippen MR) is 47.2 cm³/mol. The number of carbonyl (C=O) groups is 2. The van der Waals surface area contributed by atoms with Gasteiger partial charge in [0, 0.05) is 0 Å². The number of hydrogen-bond acceptors (Lipinski definition) is 6. The van der Waals surface area contributed by atoms with Crippen LogP contribution in [0.1, 0.15) is 6.92 Å². The zero-order valence-corrected chi connectivity index (χ0v) is 8.79. The Morgan fingerprint density at radius 2 is 1.62 bits per heavy atom. The first-order chi connectivity index (χ1) is 7.07. The van der Waals surface area contributed by atoms with Gasteiger partial charge in [-0.1, -0.05) is 0 Å². The summed E-state index contributed by atoms with van der Waals surface area (Å²) in [6, 6.07) is 0. The second-order valence-corrected chi connectivity index (χ2v) is 4.31. The lowest BCUT2D eigenvalue weighted by molar-refractivity contribution is -0.175. The molecule has 0 radical (unpaired) electrons. The normalized spacial score (nSPS) is 17.4. The molecular weight excluding hydrogens is 248 g/mol. The van der Waals surface area contributed by atoms with Crippen molar-refractivity contribution in [2.24, 2.45) is 0 Å². The van der Waals surface area contributed by atoms with Gasteiger partial charge in [-0.2, -0.15) is 8.42 Å². The van der Waals surface area contributed by atoms with Crippen molar-refractivity contribution in [3.8, 4) is 0 Å². The Morgan fingerprint density at radius 3 is 1.81 bits per heavy atom. The average Bonchev–Trinajstić information content (AvgIpc) is 1.97. The maximum atomic E-state index is 10.7. The van der Waals surface area contributed by atoms with Crippen LogP contribution in [0.2, 0.25) is 0 Å². The summed E-state index contributed by atoms with van der Waals surface area (Å²) < 4.78 is 34.0. The Bertz CT molecular complexity index is 369. The Hall–Kier alpha value is -1.23. The topological polar surface area (TPSA) is 158 Å². The molecule has 0 heterocycles. The number of ether oxygens (including phenoxy) is 1. The molecule has 0 spiro atoms. The van der Waals surface area contributed by atoms with Crippen molar-refractivity contribution in [2.45, 2.75) is 24.6 Å². The number of hydrogen-bond donors (Lipinski definition) is 4. The molecule has 0 bridgehead atoms. The quantitative estimate of drug-likeness (QED) is 0.316. The van der Waals surface area contributed by atoms with Crippen molar-refractivity contribution in [1.82, 2.24) is 0 Å². The molecular formula is C6H10O9S. The standard InChI is InChI=1S/C6H10O9S/c1-2(7)15-3(5(8)9)4(6(10)11)16(12,13)14/h2-4,7H,1H3,(H,8,9)(H,10,11)(H,12,13,14). The van der Waals surface area contributed by atoms with Crippen molar-refractivity contribution < 1.29 is 42.6 Å². The van der Waals surface area contributed by atoms with Crippen molar-refractivity contribution in [3.63, 3.8) is 0 Å². The third-order valence-corrected chi connectivity index (χ3v) is 2.52. The third kappa shape index (κ3) is 4.10. The summed E-state index contributed by atoms with van der Waals surface area (Å²) >= 11 is 0. The van der Waals surface area contributed by atoms with E-state index in [1.54, 1.807) is 0 Å². The maximum Gasteiger partial charge on any atom is 0.335 e. The van der Waals surface area contributed by atoms with Crippen molar-refractivity contribution in [3.05, 3.63) is 0 Å². The highest BCUT2D eigenvalue weighted by Gasteiger charge is 2.44. The van der Waals surface area contributed by atoms with Gasteiger partial charge in [0.1, 0.15) is 0 Å². The number of aliphatic carboxylic acids is 2. The maximum absolute atomic E-state index is 10.7. The molecule has 0 fully saturated rings. The largest absolute Gasteiger partial charge is 0.480 e. The minimum Gasteiger partial charge on any atom is -0.480 e. The summed E-state index contributed by atoms with van der Waals surface area (Å²) in [4.78, 5) is 21.1. The van der Waals surface area contributed by atoms with Gasteiger partial charge >= 0.3 is 11.9 Å². The summed E-state index contributed by atoms with van der Waals surface area (Å²) in [6.07, 6.45) is -4.11. The molecule has 0 saturated heterocycles. The van der Waals surface area contributed by atoms with Gasteiger partial charge in [-0.25, -0.2) is 4.79 Å². The van der Waals surface area contributed by atoms with E-state index in [4.69, 9.17) is 19.9 Å². The first-order valence-electron chi connectivity index (χ1n) is 3.82. The van der Waals surface area contributed by atoms with Crippen molar-refractivity contribution in [1.29, 1.82) is 0 Å². The SMILES string of the molecule is CC(O)OC(C(=O)O)C(C(=O)O)S(=O)(=O)O. The molecule has 9 nitrogen and oxygen atoms in total. The van der Waals surface area contributed by atoms with E-state index in [9.17, 15) is 18.0 Å². The molecule has 0 rings (SSSR count). The number of rotatable bonds is 6. The number of carboxylic acids is 2. The third-order valence-electron chi connectivity index (χ3n) is 1.43. The lowest BCUT2D eigenvalue weighted by Crippen LogP contribution is -2.47. The molecule has 4 N–H and O–H groups in total. The van der Waals surface area contributed by atoms with Crippen LogP contribution in [0.25, 0.3) is 0 Å². The van der Waals surface area contributed by atoms with Gasteiger partial charge < -0.3 is 20.1 Å². The summed E-state index contributed by atoms with van der Waals surface area (Å²) in [5.74, 6) is -4.04. The van der Waals surface area contributed by atoms with E-state index in [-0.39, 0.29) is 0 Å². The van der Waals surface area contributed by atoms with Crippen LogP contribution in [0.3, 0.4) is 0 Å². The molecule has 0 aromatic carbocycles. The fourth-order valence-corrected chi connectivity index (χ4v) is 1.63. The smallest absolute Gasteiger partial charge is 0.335 e. The van der Waals surface area contributed by atoms with Gasteiger partial charge in [0.15, 0.2) is 12.4 Å². The predicted octanol–water partition coefficient (Wildman–Crippen LogP) is -1.86. The Morgan fingerprint density at radius 1 is 1.19 bits per heavy atom. The first kappa shape index (κ1) is 14.8.